The molecule has 2 aromatic rings. The van der Waals surface area contributed by atoms with Crippen LogP contribution >= 0.6 is 0 Å². The number of hydrogen-bond acceptors (Lipinski definition) is 5. The van der Waals surface area contributed by atoms with Gasteiger partial charge in [0.2, 0.25) is 0 Å². The third kappa shape index (κ3) is 3.36. The zero-order valence-electron chi connectivity index (χ0n) is 12.6. The molecule has 1 aliphatic rings. The standard InChI is InChI=1S/C16H21N5/c1-11-5-3-8-18-15(11)20-14-9-12(2)19-16(21-14)13-6-4-7-17-10-13/h3,5,8-9,13,17H,4,6-7,10H2,1-2H3,(H,18,19,20,21). The van der Waals surface area contributed by atoms with Crippen LogP contribution in [0.4, 0.5) is 11.6 Å². The molecule has 0 aliphatic carbocycles. The van der Waals surface area contributed by atoms with E-state index < -0.39 is 0 Å². The van der Waals surface area contributed by atoms with E-state index in [9.17, 15) is 0 Å². The minimum atomic E-state index is 0.407. The highest BCUT2D eigenvalue weighted by Gasteiger charge is 2.18. The van der Waals surface area contributed by atoms with Gasteiger partial charge in [-0.25, -0.2) is 15.0 Å². The van der Waals surface area contributed by atoms with Crippen LogP contribution in [0.1, 0.15) is 35.8 Å². The van der Waals surface area contributed by atoms with Crippen LogP contribution in [0.25, 0.3) is 0 Å². The first-order chi connectivity index (χ1) is 10.2. The molecule has 1 aliphatic heterocycles. The number of anilines is 2. The quantitative estimate of drug-likeness (QED) is 0.907. The summed E-state index contributed by atoms with van der Waals surface area (Å²) in [6.07, 6.45) is 4.12. The number of rotatable bonds is 3. The molecule has 0 amide bonds. The van der Waals surface area contributed by atoms with Crippen LogP contribution in [0.5, 0.6) is 0 Å². The Morgan fingerprint density at radius 1 is 1.29 bits per heavy atom. The molecule has 1 saturated heterocycles. The van der Waals surface area contributed by atoms with Gasteiger partial charge in [0.15, 0.2) is 0 Å². The molecular formula is C16H21N5. The molecule has 0 radical (unpaired) electrons. The number of pyridine rings is 1. The highest BCUT2D eigenvalue weighted by atomic mass is 15.1. The molecule has 1 unspecified atom stereocenters. The molecule has 3 heterocycles. The van der Waals surface area contributed by atoms with E-state index in [1.165, 1.54) is 6.42 Å². The number of hydrogen-bond donors (Lipinski definition) is 2. The smallest absolute Gasteiger partial charge is 0.135 e. The zero-order chi connectivity index (χ0) is 14.7. The van der Waals surface area contributed by atoms with E-state index in [-0.39, 0.29) is 0 Å². The number of nitrogens with one attached hydrogen (secondary N) is 2. The molecule has 0 saturated carbocycles. The Balaban J connectivity index is 1.85. The molecule has 3 rings (SSSR count). The third-order valence-electron chi connectivity index (χ3n) is 3.79. The lowest BCUT2D eigenvalue weighted by molar-refractivity contribution is 0.446. The first-order valence-electron chi connectivity index (χ1n) is 7.47. The summed E-state index contributed by atoms with van der Waals surface area (Å²) in [6, 6.07) is 5.94. The molecule has 1 fully saturated rings. The lowest BCUT2D eigenvalue weighted by Gasteiger charge is -2.22. The van der Waals surface area contributed by atoms with Gasteiger partial charge in [-0.05, 0) is 44.9 Å². The van der Waals surface area contributed by atoms with Gasteiger partial charge in [0.25, 0.3) is 0 Å². The van der Waals surface area contributed by atoms with Crippen molar-refractivity contribution in [1.82, 2.24) is 20.3 Å². The van der Waals surface area contributed by atoms with Crippen molar-refractivity contribution in [3.8, 4) is 0 Å². The SMILES string of the molecule is Cc1cc(Nc2ncccc2C)nc(C2CCCNC2)n1. The summed E-state index contributed by atoms with van der Waals surface area (Å²) >= 11 is 0. The van der Waals surface area contributed by atoms with E-state index >= 15 is 0 Å². The van der Waals surface area contributed by atoms with Crippen molar-refractivity contribution >= 4 is 11.6 Å². The second-order valence-corrected chi connectivity index (χ2v) is 5.59. The Hall–Kier alpha value is -2.01. The summed E-state index contributed by atoms with van der Waals surface area (Å²) < 4.78 is 0. The molecule has 0 spiro atoms. The monoisotopic (exact) mass is 283 g/mol. The molecule has 0 bridgehead atoms. The van der Waals surface area contributed by atoms with Crippen molar-refractivity contribution in [2.24, 2.45) is 0 Å². The van der Waals surface area contributed by atoms with Gasteiger partial charge < -0.3 is 10.6 Å². The van der Waals surface area contributed by atoms with Crippen LogP contribution in [0.3, 0.4) is 0 Å². The first-order valence-corrected chi connectivity index (χ1v) is 7.47. The lowest BCUT2D eigenvalue weighted by atomic mass is 9.99. The van der Waals surface area contributed by atoms with E-state index in [4.69, 9.17) is 4.98 Å². The Morgan fingerprint density at radius 2 is 2.19 bits per heavy atom. The molecule has 5 nitrogen and oxygen atoms in total. The van der Waals surface area contributed by atoms with Gasteiger partial charge in [-0.2, -0.15) is 0 Å². The van der Waals surface area contributed by atoms with Gasteiger partial charge in [-0.1, -0.05) is 6.07 Å². The molecular weight excluding hydrogens is 262 g/mol. The predicted molar refractivity (Wildman–Crippen MR) is 83.9 cm³/mol. The van der Waals surface area contributed by atoms with Crippen molar-refractivity contribution in [1.29, 1.82) is 0 Å². The van der Waals surface area contributed by atoms with Crippen molar-refractivity contribution in [3.63, 3.8) is 0 Å². The summed E-state index contributed by atoms with van der Waals surface area (Å²) in [5, 5.41) is 6.73. The highest BCUT2D eigenvalue weighted by molar-refractivity contribution is 5.55. The lowest BCUT2D eigenvalue weighted by Crippen LogP contribution is -2.29. The van der Waals surface area contributed by atoms with Crippen LogP contribution in [0, 0.1) is 13.8 Å². The van der Waals surface area contributed by atoms with Gasteiger partial charge in [0, 0.05) is 30.4 Å². The molecule has 21 heavy (non-hydrogen) atoms. The van der Waals surface area contributed by atoms with E-state index in [1.54, 1.807) is 6.20 Å². The van der Waals surface area contributed by atoms with Crippen molar-refractivity contribution in [3.05, 3.63) is 41.5 Å². The summed E-state index contributed by atoms with van der Waals surface area (Å²) in [4.78, 5) is 13.7. The predicted octanol–water partition coefficient (Wildman–Crippen LogP) is 2.70. The van der Waals surface area contributed by atoms with E-state index in [2.05, 4.69) is 20.6 Å². The first kappa shape index (κ1) is 13.9. The van der Waals surface area contributed by atoms with Gasteiger partial charge in [0.05, 0.1) is 0 Å². The zero-order valence-corrected chi connectivity index (χ0v) is 12.6. The summed E-state index contributed by atoms with van der Waals surface area (Å²) in [6.45, 7) is 6.11. The molecule has 0 aromatic carbocycles. The number of nitrogens with zero attached hydrogens (tertiary/aromatic N) is 3. The molecule has 2 N–H and O–H groups in total. The summed E-state index contributed by atoms with van der Waals surface area (Å²) in [5.74, 6) is 3.01. The van der Waals surface area contributed by atoms with Crippen LogP contribution in [-0.2, 0) is 0 Å². The normalized spacial score (nSPS) is 18.5. The number of aryl methyl sites for hydroxylation is 2. The van der Waals surface area contributed by atoms with E-state index in [0.717, 1.165) is 48.2 Å². The fourth-order valence-corrected chi connectivity index (χ4v) is 2.65. The van der Waals surface area contributed by atoms with Gasteiger partial charge in [-0.15, -0.1) is 0 Å². The van der Waals surface area contributed by atoms with Crippen LogP contribution in [0.2, 0.25) is 0 Å². The summed E-state index contributed by atoms with van der Waals surface area (Å²) in [7, 11) is 0. The fraction of sp³-hybridized carbons (Fsp3) is 0.438. The van der Waals surface area contributed by atoms with E-state index in [1.807, 2.05) is 32.0 Å². The molecule has 1 atom stereocenters. The minimum absolute atomic E-state index is 0.407. The number of aromatic nitrogens is 3. The number of piperidine rings is 1. The van der Waals surface area contributed by atoms with Gasteiger partial charge in [-0.3, -0.25) is 0 Å². The molecule has 110 valence electrons. The largest absolute Gasteiger partial charge is 0.325 e. The van der Waals surface area contributed by atoms with Crippen molar-refractivity contribution in [2.45, 2.75) is 32.6 Å². The Morgan fingerprint density at radius 3 is 2.95 bits per heavy atom. The Labute approximate surface area is 125 Å². The average Bonchev–Trinajstić information content (AvgIpc) is 2.50. The Bertz CT molecular complexity index is 620. The average molecular weight is 283 g/mol. The maximum absolute atomic E-state index is 4.69. The molecule has 2 aromatic heterocycles. The third-order valence-corrected chi connectivity index (χ3v) is 3.79. The fourth-order valence-electron chi connectivity index (χ4n) is 2.65. The topological polar surface area (TPSA) is 62.7 Å². The summed E-state index contributed by atoms with van der Waals surface area (Å²) in [5.41, 5.74) is 2.09. The van der Waals surface area contributed by atoms with Gasteiger partial charge in [0.1, 0.15) is 17.5 Å². The van der Waals surface area contributed by atoms with Gasteiger partial charge >= 0.3 is 0 Å². The maximum Gasteiger partial charge on any atom is 0.135 e. The minimum Gasteiger partial charge on any atom is -0.325 e. The van der Waals surface area contributed by atoms with E-state index in [0.29, 0.717) is 5.92 Å². The van der Waals surface area contributed by atoms with Crippen molar-refractivity contribution < 1.29 is 0 Å². The second kappa shape index (κ2) is 6.18. The van der Waals surface area contributed by atoms with Crippen molar-refractivity contribution in [2.75, 3.05) is 18.4 Å². The van der Waals surface area contributed by atoms with Crippen LogP contribution in [-0.4, -0.2) is 28.0 Å². The highest BCUT2D eigenvalue weighted by Crippen LogP contribution is 2.23. The van der Waals surface area contributed by atoms with Crippen LogP contribution < -0.4 is 10.6 Å². The van der Waals surface area contributed by atoms with Crippen LogP contribution in [0.15, 0.2) is 24.4 Å². The second-order valence-electron chi connectivity index (χ2n) is 5.59. The maximum atomic E-state index is 4.69. The Kier molecular flexibility index (Phi) is 4.10. The molecule has 5 heteroatoms.